The van der Waals surface area contributed by atoms with Crippen LogP contribution in [0.1, 0.15) is 24.0 Å². The Bertz CT molecular complexity index is 846. The number of carbonyl (C=O) groups is 2. The topological polar surface area (TPSA) is 79.9 Å². The minimum atomic E-state index is -0.305. The number of rotatable bonds is 7. The molecule has 0 unspecified atom stereocenters. The van der Waals surface area contributed by atoms with Crippen molar-refractivity contribution in [2.75, 3.05) is 32.6 Å². The van der Waals surface area contributed by atoms with Gasteiger partial charge < -0.3 is 25.0 Å². The summed E-state index contributed by atoms with van der Waals surface area (Å²) in [5.74, 6) is 1.42. The molecular formula is C22H27N3O4. The van der Waals surface area contributed by atoms with Crippen LogP contribution in [-0.2, 0) is 17.8 Å². The fourth-order valence-electron chi connectivity index (χ4n) is 3.31. The molecule has 0 atom stereocenters. The molecule has 7 nitrogen and oxygen atoms in total. The lowest BCUT2D eigenvalue weighted by Crippen LogP contribution is -2.29. The molecule has 1 heterocycles. The summed E-state index contributed by atoms with van der Waals surface area (Å²) >= 11 is 0. The van der Waals surface area contributed by atoms with Crippen LogP contribution in [0.2, 0.25) is 0 Å². The third kappa shape index (κ3) is 5.63. The second-order valence-electron chi connectivity index (χ2n) is 6.96. The number of nitrogens with zero attached hydrogens (tertiary/aromatic N) is 1. The van der Waals surface area contributed by atoms with Crippen molar-refractivity contribution in [3.63, 3.8) is 0 Å². The predicted molar refractivity (Wildman–Crippen MR) is 111 cm³/mol. The van der Waals surface area contributed by atoms with Crippen LogP contribution in [0.15, 0.2) is 42.5 Å². The second-order valence-corrected chi connectivity index (χ2v) is 6.96. The summed E-state index contributed by atoms with van der Waals surface area (Å²) in [5, 5.41) is 5.61. The lowest BCUT2D eigenvalue weighted by molar-refractivity contribution is -0.129. The van der Waals surface area contributed by atoms with Gasteiger partial charge in [0.2, 0.25) is 5.91 Å². The average Bonchev–Trinajstić information content (AvgIpc) is 3.28. The van der Waals surface area contributed by atoms with E-state index < -0.39 is 0 Å². The third-order valence-corrected chi connectivity index (χ3v) is 4.93. The van der Waals surface area contributed by atoms with Crippen LogP contribution in [0.5, 0.6) is 11.5 Å². The molecular weight excluding hydrogens is 370 g/mol. The molecule has 154 valence electrons. The van der Waals surface area contributed by atoms with E-state index in [4.69, 9.17) is 9.47 Å². The van der Waals surface area contributed by atoms with Crippen LogP contribution >= 0.6 is 0 Å². The monoisotopic (exact) mass is 397 g/mol. The highest BCUT2D eigenvalue weighted by molar-refractivity contribution is 5.89. The number of ether oxygens (including phenoxy) is 2. The minimum Gasteiger partial charge on any atom is -0.493 e. The molecule has 29 heavy (non-hydrogen) atoms. The number of likely N-dealkylation sites (tertiary alicyclic amines) is 1. The zero-order chi connectivity index (χ0) is 20.6. The van der Waals surface area contributed by atoms with Gasteiger partial charge in [0.1, 0.15) is 0 Å². The van der Waals surface area contributed by atoms with E-state index in [1.165, 1.54) is 0 Å². The third-order valence-electron chi connectivity index (χ3n) is 4.93. The summed E-state index contributed by atoms with van der Waals surface area (Å²) in [4.78, 5) is 26.3. The van der Waals surface area contributed by atoms with Crippen LogP contribution in [-0.4, -0.2) is 44.1 Å². The first-order chi connectivity index (χ1) is 14.1. The standard InChI is InChI=1S/C22H27N3O4/c1-28-19-10-7-17(13-20(19)29-2)15-23-22(27)24-18-8-5-16(6-9-18)14-21(26)25-11-3-4-12-25/h5-10,13H,3-4,11-12,14-15H2,1-2H3,(H2,23,24,27). The molecule has 0 bridgehead atoms. The average molecular weight is 397 g/mol. The van der Waals surface area contributed by atoms with Gasteiger partial charge in [-0.15, -0.1) is 0 Å². The van der Waals surface area contributed by atoms with E-state index in [9.17, 15) is 9.59 Å². The number of amides is 3. The number of urea groups is 1. The van der Waals surface area contributed by atoms with Gasteiger partial charge in [0, 0.05) is 25.3 Å². The van der Waals surface area contributed by atoms with Crippen LogP contribution in [0.3, 0.4) is 0 Å². The molecule has 1 saturated heterocycles. The number of anilines is 1. The Morgan fingerprint density at radius 1 is 0.931 bits per heavy atom. The number of carbonyl (C=O) groups excluding carboxylic acids is 2. The van der Waals surface area contributed by atoms with Crippen molar-refractivity contribution in [1.82, 2.24) is 10.2 Å². The number of hydrogen-bond acceptors (Lipinski definition) is 4. The molecule has 2 aromatic carbocycles. The zero-order valence-electron chi connectivity index (χ0n) is 16.9. The van der Waals surface area contributed by atoms with E-state index in [1.807, 2.05) is 41.3 Å². The maximum atomic E-state index is 12.2. The SMILES string of the molecule is COc1ccc(CNC(=O)Nc2ccc(CC(=O)N3CCCC3)cc2)cc1OC. The predicted octanol–water partition coefficient (Wildman–Crippen LogP) is 3.19. The van der Waals surface area contributed by atoms with E-state index in [-0.39, 0.29) is 11.9 Å². The Balaban J connectivity index is 1.48. The van der Waals surface area contributed by atoms with Gasteiger partial charge in [-0.05, 0) is 48.2 Å². The van der Waals surface area contributed by atoms with Crippen molar-refractivity contribution in [3.05, 3.63) is 53.6 Å². The fourth-order valence-corrected chi connectivity index (χ4v) is 3.31. The van der Waals surface area contributed by atoms with Crippen LogP contribution in [0.4, 0.5) is 10.5 Å². The Labute approximate surface area is 171 Å². The highest BCUT2D eigenvalue weighted by Gasteiger charge is 2.17. The van der Waals surface area contributed by atoms with Gasteiger partial charge in [-0.3, -0.25) is 4.79 Å². The molecule has 2 aromatic rings. The second kappa shape index (κ2) is 9.82. The van der Waals surface area contributed by atoms with Gasteiger partial charge in [0.15, 0.2) is 11.5 Å². The molecule has 3 amide bonds. The molecule has 1 aliphatic heterocycles. The number of benzene rings is 2. The highest BCUT2D eigenvalue weighted by atomic mass is 16.5. The van der Waals surface area contributed by atoms with E-state index >= 15 is 0 Å². The smallest absolute Gasteiger partial charge is 0.319 e. The van der Waals surface area contributed by atoms with Gasteiger partial charge in [0.25, 0.3) is 0 Å². The van der Waals surface area contributed by atoms with E-state index in [2.05, 4.69) is 10.6 Å². The minimum absolute atomic E-state index is 0.163. The fraction of sp³-hybridized carbons (Fsp3) is 0.364. The van der Waals surface area contributed by atoms with Crippen molar-refractivity contribution in [2.45, 2.75) is 25.8 Å². The molecule has 1 aliphatic rings. The van der Waals surface area contributed by atoms with Crippen LogP contribution in [0, 0.1) is 0 Å². The molecule has 2 N–H and O–H groups in total. The molecule has 0 aromatic heterocycles. The van der Waals surface area contributed by atoms with Gasteiger partial charge in [-0.2, -0.15) is 0 Å². The Hall–Kier alpha value is -3.22. The molecule has 0 aliphatic carbocycles. The lowest BCUT2D eigenvalue weighted by atomic mass is 10.1. The number of hydrogen-bond donors (Lipinski definition) is 2. The first-order valence-corrected chi connectivity index (χ1v) is 9.71. The van der Waals surface area contributed by atoms with Crippen molar-refractivity contribution < 1.29 is 19.1 Å². The molecule has 7 heteroatoms. The van der Waals surface area contributed by atoms with Gasteiger partial charge in [-0.25, -0.2) is 4.79 Å². The molecule has 0 spiro atoms. The lowest BCUT2D eigenvalue weighted by Gasteiger charge is -2.15. The summed E-state index contributed by atoms with van der Waals surface area (Å²) < 4.78 is 10.5. The van der Waals surface area contributed by atoms with Crippen molar-refractivity contribution in [1.29, 1.82) is 0 Å². The van der Waals surface area contributed by atoms with Gasteiger partial charge in [0.05, 0.1) is 20.6 Å². The maximum absolute atomic E-state index is 12.2. The highest BCUT2D eigenvalue weighted by Crippen LogP contribution is 2.27. The van der Waals surface area contributed by atoms with Gasteiger partial charge in [-0.1, -0.05) is 18.2 Å². The summed E-state index contributed by atoms with van der Waals surface area (Å²) in [6.07, 6.45) is 2.58. The van der Waals surface area contributed by atoms with E-state index in [0.717, 1.165) is 37.1 Å². The Kier molecular flexibility index (Phi) is 6.94. The quantitative estimate of drug-likeness (QED) is 0.752. The Morgan fingerprint density at radius 2 is 1.59 bits per heavy atom. The summed E-state index contributed by atoms with van der Waals surface area (Å²) in [6.45, 7) is 2.08. The van der Waals surface area contributed by atoms with Crippen molar-refractivity contribution in [3.8, 4) is 11.5 Å². The van der Waals surface area contributed by atoms with Crippen molar-refractivity contribution >= 4 is 17.6 Å². The number of methoxy groups -OCH3 is 2. The summed E-state index contributed by atoms with van der Waals surface area (Å²) in [6, 6.07) is 12.6. The normalized spacial score (nSPS) is 13.1. The first kappa shape index (κ1) is 20.5. The van der Waals surface area contributed by atoms with E-state index in [1.54, 1.807) is 20.3 Å². The van der Waals surface area contributed by atoms with Crippen molar-refractivity contribution in [2.24, 2.45) is 0 Å². The van der Waals surface area contributed by atoms with Crippen LogP contribution < -0.4 is 20.1 Å². The van der Waals surface area contributed by atoms with Gasteiger partial charge >= 0.3 is 6.03 Å². The Morgan fingerprint density at radius 3 is 2.24 bits per heavy atom. The maximum Gasteiger partial charge on any atom is 0.319 e. The first-order valence-electron chi connectivity index (χ1n) is 9.71. The molecule has 3 rings (SSSR count). The molecule has 1 fully saturated rings. The number of nitrogens with one attached hydrogen (secondary N) is 2. The molecule has 0 saturated carbocycles. The summed E-state index contributed by atoms with van der Waals surface area (Å²) in [7, 11) is 3.15. The van der Waals surface area contributed by atoms with E-state index in [0.29, 0.717) is 30.2 Å². The zero-order valence-corrected chi connectivity index (χ0v) is 16.9. The molecule has 0 radical (unpaired) electrons. The summed E-state index contributed by atoms with van der Waals surface area (Å²) in [5.41, 5.74) is 2.51. The largest absolute Gasteiger partial charge is 0.493 e. The van der Waals surface area contributed by atoms with Crippen LogP contribution in [0.25, 0.3) is 0 Å².